The zero-order chi connectivity index (χ0) is 25.0. The van der Waals surface area contributed by atoms with E-state index in [9.17, 15) is 0 Å². The second-order valence-corrected chi connectivity index (χ2v) is 9.61. The first-order chi connectivity index (χ1) is 17.6. The minimum Gasteiger partial charge on any atom is -0.359 e. The molecular weight excluding hydrogens is 452 g/mol. The molecule has 1 aliphatic heterocycles. The van der Waals surface area contributed by atoms with E-state index in [-0.39, 0.29) is 0 Å². The van der Waals surface area contributed by atoms with Crippen LogP contribution < -0.4 is 16.4 Å². The molecule has 1 fully saturated rings. The number of aliphatic imine (C=N–C) groups is 1. The number of aromatic amines is 1. The second kappa shape index (κ2) is 10.7. The number of nitrogens with two attached hydrogens (primary N) is 1. The van der Waals surface area contributed by atoms with Crippen LogP contribution in [0.5, 0.6) is 0 Å². The SMILES string of the molecule is CCN(CC)CCCC1=CC(N)(c2cc(C3CC3)[nH]n2)NC(=NCc2cc(-c3ccccc3)no2)N1. The van der Waals surface area contributed by atoms with Crippen molar-refractivity contribution < 1.29 is 4.52 Å². The van der Waals surface area contributed by atoms with Crippen LogP contribution in [0.25, 0.3) is 11.3 Å². The molecule has 5 rings (SSSR count). The Morgan fingerprint density at radius 3 is 2.72 bits per heavy atom. The summed E-state index contributed by atoms with van der Waals surface area (Å²) in [5.41, 5.74) is 10.7. The van der Waals surface area contributed by atoms with Crippen LogP contribution in [-0.4, -0.2) is 45.8 Å². The van der Waals surface area contributed by atoms with Gasteiger partial charge in [0.2, 0.25) is 0 Å². The molecule has 3 aromatic rings. The van der Waals surface area contributed by atoms with Gasteiger partial charge >= 0.3 is 0 Å². The molecule has 1 saturated carbocycles. The first-order valence-corrected chi connectivity index (χ1v) is 13.0. The highest BCUT2D eigenvalue weighted by atomic mass is 16.5. The van der Waals surface area contributed by atoms with Crippen molar-refractivity contribution in [3.8, 4) is 11.3 Å². The van der Waals surface area contributed by atoms with Crippen molar-refractivity contribution in [3.63, 3.8) is 0 Å². The lowest BCUT2D eigenvalue weighted by Gasteiger charge is -2.34. The fraction of sp³-hybridized carbons (Fsp3) is 0.444. The average molecular weight is 489 g/mol. The number of hydrogen-bond donors (Lipinski definition) is 4. The number of H-pyrrole nitrogens is 1. The van der Waals surface area contributed by atoms with E-state index in [1.165, 1.54) is 12.8 Å². The molecule has 1 aromatic carbocycles. The van der Waals surface area contributed by atoms with Crippen molar-refractivity contribution in [2.24, 2.45) is 10.7 Å². The maximum absolute atomic E-state index is 6.89. The van der Waals surface area contributed by atoms with E-state index in [0.29, 0.717) is 24.2 Å². The zero-order valence-corrected chi connectivity index (χ0v) is 21.1. The van der Waals surface area contributed by atoms with Gasteiger partial charge in [0.05, 0.1) is 0 Å². The van der Waals surface area contributed by atoms with Crippen molar-refractivity contribution >= 4 is 5.96 Å². The van der Waals surface area contributed by atoms with Crippen molar-refractivity contribution in [2.75, 3.05) is 19.6 Å². The molecule has 1 atom stereocenters. The van der Waals surface area contributed by atoms with E-state index < -0.39 is 5.66 Å². The van der Waals surface area contributed by atoms with Gasteiger partial charge in [-0.2, -0.15) is 5.10 Å². The number of nitrogens with zero attached hydrogens (tertiary/aromatic N) is 4. The van der Waals surface area contributed by atoms with E-state index in [2.05, 4.69) is 50.8 Å². The first kappa shape index (κ1) is 24.3. The fourth-order valence-corrected chi connectivity index (χ4v) is 4.55. The van der Waals surface area contributed by atoms with Crippen LogP contribution in [0.15, 0.2) is 63.8 Å². The van der Waals surface area contributed by atoms with Gasteiger partial charge in [0, 0.05) is 28.9 Å². The van der Waals surface area contributed by atoms with Gasteiger partial charge in [-0.15, -0.1) is 0 Å². The molecule has 9 heteroatoms. The highest BCUT2D eigenvalue weighted by Crippen LogP contribution is 2.39. The number of hydrogen-bond acceptors (Lipinski definition) is 6. The molecule has 2 aliphatic rings. The topological polar surface area (TPSA) is 120 Å². The van der Waals surface area contributed by atoms with Gasteiger partial charge in [-0.25, -0.2) is 4.99 Å². The van der Waals surface area contributed by atoms with Crippen molar-refractivity contribution in [3.05, 3.63) is 71.4 Å². The van der Waals surface area contributed by atoms with Crippen molar-refractivity contribution in [1.82, 2.24) is 30.9 Å². The summed E-state index contributed by atoms with van der Waals surface area (Å²) in [6.07, 6.45) is 6.35. The normalized spacial score (nSPS) is 20.9. The Hall–Kier alpha value is -3.43. The Bertz CT molecular complexity index is 1210. The van der Waals surface area contributed by atoms with Crippen LogP contribution in [0.3, 0.4) is 0 Å². The van der Waals surface area contributed by atoms with Crippen LogP contribution in [0.4, 0.5) is 0 Å². The van der Waals surface area contributed by atoms with Crippen molar-refractivity contribution in [2.45, 2.75) is 57.7 Å². The Labute approximate surface area is 212 Å². The van der Waals surface area contributed by atoms with Gasteiger partial charge in [0.25, 0.3) is 0 Å². The van der Waals surface area contributed by atoms with E-state index in [1.54, 1.807) is 0 Å². The lowest BCUT2D eigenvalue weighted by Crippen LogP contribution is -2.59. The summed E-state index contributed by atoms with van der Waals surface area (Å²) in [5.74, 6) is 1.86. The molecule has 0 saturated heterocycles. The summed E-state index contributed by atoms with van der Waals surface area (Å²) in [4.78, 5) is 7.18. The minimum atomic E-state index is -0.950. The van der Waals surface area contributed by atoms with E-state index in [0.717, 1.165) is 60.8 Å². The van der Waals surface area contributed by atoms with Gasteiger partial charge < -0.3 is 25.8 Å². The van der Waals surface area contributed by atoms with Crippen LogP contribution >= 0.6 is 0 Å². The first-order valence-electron chi connectivity index (χ1n) is 13.0. The quantitative estimate of drug-likeness (QED) is 0.324. The summed E-state index contributed by atoms with van der Waals surface area (Å²) >= 11 is 0. The van der Waals surface area contributed by atoms with E-state index in [1.807, 2.05) is 42.5 Å². The number of guanidine groups is 1. The number of aromatic nitrogens is 3. The molecule has 5 N–H and O–H groups in total. The molecule has 3 heterocycles. The number of nitrogens with one attached hydrogen (secondary N) is 3. The molecule has 0 bridgehead atoms. The molecular formula is C27H36N8O. The molecule has 1 unspecified atom stereocenters. The third kappa shape index (κ3) is 5.68. The van der Waals surface area contributed by atoms with Gasteiger partial charge in [-0.1, -0.05) is 49.3 Å². The Balaban J connectivity index is 1.33. The molecule has 0 radical (unpaired) electrons. The predicted molar refractivity (Wildman–Crippen MR) is 141 cm³/mol. The van der Waals surface area contributed by atoms with Crippen molar-refractivity contribution in [1.29, 1.82) is 0 Å². The summed E-state index contributed by atoms with van der Waals surface area (Å²) in [7, 11) is 0. The predicted octanol–water partition coefficient (Wildman–Crippen LogP) is 3.81. The molecule has 190 valence electrons. The monoisotopic (exact) mass is 488 g/mol. The highest BCUT2D eigenvalue weighted by molar-refractivity contribution is 5.84. The maximum atomic E-state index is 6.89. The molecule has 9 nitrogen and oxygen atoms in total. The van der Waals surface area contributed by atoms with E-state index in [4.69, 9.17) is 15.2 Å². The molecule has 1 aliphatic carbocycles. The van der Waals surface area contributed by atoms with Crippen LogP contribution in [0.2, 0.25) is 0 Å². The molecule has 2 aromatic heterocycles. The Morgan fingerprint density at radius 1 is 1.17 bits per heavy atom. The summed E-state index contributed by atoms with van der Waals surface area (Å²) < 4.78 is 5.54. The Kier molecular flexibility index (Phi) is 7.20. The van der Waals surface area contributed by atoms with E-state index >= 15 is 0 Å². The lowest BCUT2D eigenvalue weighted by atomic mass is 10.0. The third-order valence-corrected chi connectivity index (χ3v) is 6.88. The van der Waals surface area contributed by atoms with Gasteiger partial charge in [-0.3, -0.25) is 5.10 Å². The molecule has 0 amide bonds. The number of benzene rings is 1. The Morgan fingerprint density at radius 2 is 1.97 bits per heavy atom. The highest BCUT2D eigenvalue weighted by Gasteiger charge is 2.35. The summed E-state index contributed by atoms with van der Waals surface area (Å²) in [6, 6.07) is 14.0. The van der Waals surface area contributed by atoms with Gasteiger partial charge in [-0.05, 0) is 57.5 Å². The second-order valence-electron chi connectivity index (χ2n) is 9.61. The molecule has 36 heavy (non-hydrogen) atoms. The zero-order valence-electron chi connectivity index (χ0n) is 21.1. The summed E-state index contributed by atoms with van der Waals surface area (Å²) in [5, 5.41) is 18.7. The third-order valence-electron chi connectivity index (χ3n) is 6.88. The van der Waals surface area contributed by atoms with Crippen LogP contribution in [-0.2, 0) is 12.2 Å². The average Bonchev–Trinajstić information content (AvgIpc) is 3.41. The van der Waals surface area contributed by atoms with Gasteiger partial charge in [0.15, 0.2) is 17.4 Å². The van der Waals surface area contributed by atoms with Crippen LogP contribution in [0.1, 0.15) is 62.6 Å². The van der Waals surface area contributed by atoms with Gasteiger partial charge in [0.1, 0.15) is 17.9 Å². The smallest absolute Gasteiger partial charge is 0.197 e. The fourth-order valence-electron chi connectivity index (χ4n) is 4.55. The summed E-state index contributed by atoms with van der Waals surface area (Å²) in [6.45, 7) is 7.88. The van der Waals surface area contributed by atoms with Crippen LogP contribution in [0, 0.1) is 0 Å². The number of allylic oxidation sites excluding steroid dienone is 1. The number of rotatable bonds is 11. The minimum absolute atomic E-state index is 0.339. The lowest BCUT2D eigenvalue weighted by molar-refractivity contribution is 0.299. The largest absolute Gasteiger partial charge is 0.359 e. The standard InChI is InChI=1S/C27H36N8O/c1-3-35(4-2)14-8-11-21-17-27(28,25-16-23(32-33-25)20-12-13-20)31-26(30-21)29-18-22-15-24(34-36-22)19-9-6-5-7-10-19/h5-7,9-10,15-17,20H,3-4,8,11-14,18,28H2,1-2H3,(H,32,33)(H2,29,30,31). The molecule has 0 spiro atoms. The maximum Gasteiger partial charge on any atom is 0.197 e.